The van der Waals surface area contributed by atoms with E-state index in [-0.39, 0.29) is 0 Å². The minimum Gasteiger partial charge on any atom is -0.497 e. The molecule has 0 aliphatic carbocycles. The lowest BCUT2D eigenvalue weighted by molar-refractivity contribution is 0.315. The molecule has 136 valence electrons. The number of nitrogens with one attached hydrogen (secondary N) is 1. The molecule has 1 aromatic heterocycles. The minimum absolute atomic E-state index is 0.683. The van der Waals surface area contributed by atoms with Crippen molar-refractivity contribution in [2.45, 2.75) is 39.5 Å². The van der Waals surface area contributed by atoms with Gasteiger partial charge >= 0.3 is 0 Å². The third kappa shape index (κ3) is 6.65. The summed E-state index contributed by atoms with van der Waals surface area (Å²) < 4.78 is 11.0. The normalized spacial score (nSPS) is 10.7. The molecule has 0 atom stereocenters. The highest BCUT2D eigenvalue weighted by Gasteiger charge is 2.05. The van der Waals surface area contributed by atoms with E-state index >= 15 is 0 Å². The number of hydrogen-bond donors (Lipinski definition) is 1. The summed E-state index contributed by atoms with van der Waals surface area (Å²) in [5.74, 6) is 3.35. The Morgan fingerprint density at radius 2 is 1.80 bits per heavy atom. The summed E-state index contributed by atoms with van der Waals surface area (Å²) in [5.41, 5.74) is 1.40. The third-order valence-electron chi connectivity index (χ3n) is 4.47. The van der Waals surface area contributed by atoms with Gasteiger partial charge in [0.25, 0.3) is 0 Å². The number of rotatable bonds is 11. The van der Waals surface area contributed by atoms with Crippen LogP contribution in [0.3, 0.4) is 0 Å². The first-order valence-electron chi connectivity index (χ1n) is 9.20. The molecule has 0 unspecified atom stereocenters. The summed E-state index contributed by atoms with van der Waals surface area (Å²) in [5, 5.41) is 3.28. The summed E-state index contributed by atoms with van der Waals surface area (Å²) >= 11 is 0. The molecular weight excluding hydrogens is 312 g/mol. The van der Waals surface area contributed by atoms with E-state index in [0.717, 1.165) is 42.6 Å². The summed E-state index contributed by atoms with van der Waals surface area (Å²) in [4.78, 5) is 4.26. The van der Waals surface area contributed by atoms with Gasteiger partial charge in [-0.2, -0.15) is 0 Å². The molecule has 0 spiro atoms. The predicted molar refractivity (Wildman–Crippen MR) is 104 cm³/mol. The SMILES string of the molecule is CCC(CC)Cc1ccc(OCCCNc2cc(OC)ccn2)cc1. The van der Waals surface area contributed by atoms with Crippen molar-refractivity contribution in [3.05, 3.63) is 48.2 Å². The van der Waals surface area contributed by atoms with Crippen LogP contribution in [-0.4, -0.2) is 25.2 Å². The maximum Gasteiger partial charge on any atom is 0.129 e. The number of benzene rings is 1. The van der Waals surface area contributed by atoms with Crippen LogP contribution < -0.4 is 14.8 Å². The predicted octanol–water partition coefficient (Wildman–Crippen LogP) is 4.95. The van der Waals surface area contributed by atoms with Crippen LogP contribution in [0.4, 0.5) is 5.82 Å². The summed E-state index contributed by atoms with van der Waals surface area (Å²) in [6.45, 7) is 6.03. The Hall–Kier alpha value is -2.23. The Morgan fingerprint density at radius 3 is 2.48 bits per heavy atom. The maximum absolute atomic E-state index is 5.82. The Balaban J connectivity index is 1.67. The van der Waals surface area contributed by atoms with E-state index in [0.29, 0.717) is 6.61 Å². The zero-order chi connectivity index (χ0) is 17.9. The van der Waals surface area contributed by atoms with Crippen molar-refractivity contribution in [1.29, 1.82) is 0 Å². The Labute approximate surface area is 151 Å². The second-order valence-corrected chi connectivity index (χ2v) is 6.24. The van der Waals surface area contributed by atoms with E-state index in [9.17, 15) is 0 Å². The number of aromatic nitrogens is 1. The zero-order valence-corrected chi connectivity index (χ0v) is 15.6. The summed E-state index contributed by atoms with van der Waals surface area (Å²) in [7, 11) is 1.66. The van der Waals surface area contributed by atoms with E-state index in [1.165, 1.54) is 18.4 Å². The van der Waals surface area contributed by atoms with Gasteiger partial charge in [0.15, 0.2) is 0 Å². The number of methoxy groups -OCH3 is 1. The van der Waals surface area contributed by atoms with Gasteiger partial charge < -0.3 is 14.8 Å². The smallest absolute Gasteiger partial charge is 0.129 e. The number of pyridine rings is 1. The second-order valence-electron chi connectivity index (χ2n) is 6.24. The molecule has 1 N–H and O–H groups in total. The molecule has 2 rings (SSSR count). The van der Waals surface area contributed by atoms with E-state index in [4.69, 9.17) is 9.47 Å². The molecule has 0 amide bonds. The van der Waals surface area contributed by atoms with Gasteiger partial charge in [-0.3, -0.25) is 0 Å². The lowest BCUT2D eigenvalue weighted by Crippen LogP contribution is -2.08. The lowest BCUT2D eigenvalue weighted by Gasteiger charge is -2.13. The fourth-order valence-corrected chi connectivity index (χ4v) is 2.75. The molecule has 1 aromatic carbocycles. The lowest BCUT2D eigenvalue weighted by atomic mass is 9.95. The van der Waals surface area contributed by atoms with Crippen LogP contribution in [0.15, 0.2) is 42.6 Å². The fourth-order valence-electron chi connectivity index (χ4n) is 2.75. The molecule has 4 nitrogen and oxygen atoms in total. The molecule has 4 heteroatoms. The molecule has 0 aliphatic heterocycles. The van der Waals surface area contributed by atoms with Crippen molar-refractivity contribution in [1.82, 2.24) is 4.98 Å². The molecule has 2 aromatic rings. The Morgan fingerprint density at radius 1 is 1.04 bits per heavy atom. The number of hydrogen-bond acceptors (Lipinski definition) is 4. The van der Waals surface area contributed by atoms with Crippen LogP contribution in [0.2, 0.25) is 0 Å². The highest BCUT2D eigenvalue weighted by molar-refractivity contribution is 5.40. The van der Waals surface area contributed by atoms with E-state index in [1.54, 1.807) is 13.3 Å². The molecule has 0 bridgehead atoms. The van der Waals surface area contributed by atoms with Crippen molar-refractivity contribution in [3.8, 4) is 11.5 Å². The molecule has 0 saturated heterocycles. The largest absolute Gasteiger partial charge is 0.497 e. The summed E-state index contributed by atoms with van der Waals surface area (Å²) in [6, 6.07) is 12.3. The van der Waals surface area contributed by atoms with Crippen LogP contribution in [0.25, 0.3) is 0 Å². The van der Waals surface area contributed by atoms with Gasteiger partial charge in [0.2, 0.25) is 0 Å². The van der Waals surface area contributed by atoms with Crippen molar-refractivity contribution in [2.24, 2.45) is 5.92 Å². The number of anilines is 1. The first-order chi connectivity index (χ1) is 12.2. The highest BCUT2D eigenvalue weighted by Crippen LogP contribution is 2.19. The van der Waals surface area contributed by atoms with Gasteiger partial charge in [-0.25, -0.2) is 4.98 Å². The first kappa shape index (κ1) is 19.1. The average Bonchev–Trinajstić information content (AvgIpc) is 2.67. The van der Waals surface area contributed by atoms with Crippen LogP contribution in [0.1, 0.15) is 38.7 Å². The Kier molecular flexibility index (Phi) is 8.10. The van der Waals surface area contributed by atoms with E-state index in [2.05, 4.69) is 48.4 Å². The van der Waals surface area contributed by atoms with Gasteiger partial charge in [0.05, 0.1) is 13.7 Å². The maximum atomic E-state index is 5.82. The van der Waals surface area contributed by atoms with Gasteiger partial charge in [-0.1, -0.05) is 38.8 Å². The molecule has 0 fully saturated rings. The van der Waals surface area contributed by atoms with E-state index < -0.39 is 0 Å². The molecule has 0 aliphatic rings. The van der Waals surface area contributed by atoms with Crippen LogP contribution in [0, 0.1) is 5.92 Å². The molecule has 0 radical (unpaired) electrons. The molecule has 25 heavy (non-hydrogen) atoms. The van der Waals surface area contributed by atoms with Gasteiger partial charge in [-0.15, -0.1) is 0 Å². The highest BCUT2D eigenvalue weighted by atomic mass is 16.5. The molecular formula is C21H30N2O2. The monoisotopic (exact) mass is 342 g/mol. The number of ether oxygens (including phenoxy) is 2. The van der Waals surface area contributed by atoms with E-state index in [1.807, 2.05) is 12.1 Å². The van der Waals surface area contributed by atoms with Crippen molar-refractivity contribution in [3.63, 3.8) is 0 Å². The van der Waals surface area contributed by atoms with Crippen molar-refractivity contribution >= 4 is 5.82 Å². The second kappa shape index (κ2) is 10.6. The molecule has 0 saturated carbocycles. The van der Waals surface area contributed by atoms with Crippen molar-refractivity contribution in [2.75, 3.05) is 25.6 Å². The zero-order valence-electron chi connectivity index (χ0n) is 15.6. The quantitative estimate of drug-likeness (QED) is 0.587. The van der Waals surface area contributed by atoms with Crippen LogP contribution >= 0.6 is 0 Å². The Bertz CT molecular complexity index is 610. The van der Waals surface area contributed by atoms with Crippen LogP contribution in [-0.2, 0) is 6.42 Å². The summed E-state index contributed by atoms with van der Waals surface area (Å²) in [6.07, 6.45) is 6.29. The van der Waals surface area contributed by atoms with Gasteiger partial charge in [-0.05, 0) is 42.5 Å². The van der Waals surface area contributed by atoms with Gasteiger partial charge in [0.1, 0.15) is 17.3 Å². The standard InChI is InChI=1S/C21H30N2O2/c1-4-17(5-2)15-18-7-9-19(10-8-18)25-14-6-12-22-21-16-20(24-3)11-13-23-21/h7-11,13,16-17H,4-6,12,14-15H2,1-3H3,(H,22,23). The minimum atomic E-state index is 0.683. The van der Waals surface area contributed by atoms with Crippen molar-refractivity contribution < 1.29 is 9.47 Å². The first-order valence-corrected chi connectivity index (χ1v) is 9.20. The topological polar surface area (TPSA) is 43.4 Å². The van der Waals surface area contributed by atoms with Crippen LogP contribution in [0.5, 0.6) is 11.5 Å². The van der Waals surface area contributed by atoms with Gasteiger partial charge in [0, 0.05) is 18.8 Å². The molecule has 1 heterocycles. The average molecular weight is 342 g/mol. The third-order valence-corrected chi connectivity index (χ3v) is 4.47. The fraction of sp³-hybridized carbons (Fsp3) is 0.476. The number of nitrogens with zero attached hydrogens (tertiary/aromatic N) is 1.